The monoisotopic (exact) mass is 563 g/mol. The molecule has 0 unspecified atom stereocenters. The summed E-state index contributed by atoms with van der Waals surface area (Å²) in [4.78, 5) is 37.8. The summed E-state index contributed by atoms with van der Waals surface area (Å²) in [5, 5.41) is 15.0. The van der Waals surface area contributed by atoms with Crippen molar-refractivity contribution in [1.82, 2.24) is 9.88 Å². The first-order chi connectivity index (χ1) is 18.8. The average Bonchev–Trinajstić information content (AvgIpc) is 2.89. The molecule has 3 aromatic rings. The van der Waals surface area contributed by atoms with Crippen LogP contribution in [0, 0.1) is 6.92 Å². The lowest BCUT2D eigenvalue weighted by Crippen LogP contribution is -2.36. The molecule has 0 saturated heterocycles. The second kappa shape index (κ2) is 12.5. The van der Waals surface area contributed by atoms with Crippen LogP contribution in [0.1, 0.15) is 30.6 Å². The van der Waals surface area contributed by atoms with E-state index in [1.165, 1.54) is 43.0 Å². The van der Waals surface area contributed by atoms with E-state index in [1.54, 1.807) is 32.0 Å². The molecule has 3 N–H and O–H groups in total. The van der Waals surface area contributed by atoms with Crippen LogP contribution < -0.4 is 25.7 Å². The third-order valence-electron chi connectivity index (χ3n) is 5.88. The van der Waals surface area contributed by atoms with Gasteiger partial charge in [0.25, 0.3) is 5.56 Å². The number of methoxy groups -OCH3 is 1. The number of nitrogens with zero attached hydrogens (tertiary/aromatic N) is 1. The molecule has 2 aromatic carbocycles. The zero-order valence-corrected chi connectivity index (χ0v) is 22.1. The lowest BCUT2D eigenvalue weighted by Gasteiger charge is -2.21. The van der Waals surface area contributed by atoms with E-state index in [1.807, 2.05) is 0 Å². The minimum absolute atomic E-state index is 0.00911. The number of esters is 1. The van der Waals surface area contributed by atoms with E-state index in [0.717, 1.165) is 6.07 Å². The molecule has 2 amide bonds. The number of rotatable bonds is 9. The minimum Gasteiger partial charge on any atom is -0.505 e. The first kappa shape index (κ1) is 29.9. The number of carbonyl (C=O) groups excluding carboxylic acids is 2. The highest BCUT2D eigenvalue weighted by Crippen LogP contribution is 2.37. The maximum Gasteiger partial charge on any atom is 0.573 e. The van der Waals surface area contributed by atoms with Crippen LogP contribution in [0.5, 0.6) is 17.2 Å². The fourth-order valence-electron chi connectivity index (χ4n) is 3.86. The second-order valence-corrected chi connectivity index (χ2v) is 8.61. The Morgan fingerprint density at radius 2 is 1.85 bits per heavy atom. The SMILES string of the molecule is CCOC(=O)C[C@H](NC(=O)Nc1c(O)cc(C)n(C)c1=O)c1ccc(OC(F)(F)F)c(-c2cccc(OC)c2)c1. The van der Waals surface area contributed by atoms with Gasteiger partial charge < -0.3 is 34.5 Å². The summed E-state index contributed by atoms with van der Waals surface area (Å²) in [6, 6.07) is 9.11. The predicted octanol–water partition coefficient (Wildman–Crippen LogP) is 4.79. The number of amides is 2. The van der Waals surface area contributed by atoms with Gasteiger partial charge in [-0.1, -0.05) is 18.2 Å². The van der Waals surface area contributed by atoms with Crippen LogP contribution >= 0.6 is 0 Å². The van der Waals surface area contributed by atoms with Gasteiger partial charge in [-0.3, -0.25) is 9.59 Å². The minimum atomic E-state index is -4.99. The van der Waals surface area contributed by atoms with Crippen molar-refractivity contribution in [3.05, 3.63) is 70.1 Å². The Bertz CT molecular complexity index is 1450. The van der Waals surface area contributed by atoms with E-state index in [4.69, 9.17) is 9.47 Å². The highest BCUT2D eigenvalue weighted by molar-refractivity contribution is 5.91. The van der Waals surface area contributed by atoms with E-state index in [9.17, 15) is 32.7 Å². The van der Waals surface area contributed by atoms with E-state index in [-0.39, 0.29) is 17.7 Å². The maximum atomic E-state index is 13.2. The van der Waals surface area contributed by atoms with Gasteiger partial charge in [-0.15, -0.1) is 13.2 Å². The molecule has 0 aliphatic carbocycles. The molecule has 0 aliphatic heterocycles. The van der Waals surface area contributed by atoms with Crippen molar-refractivity contribution in [3.8, 4) is 28.4 Å². The van der Waals surface area contributed by atoms with Gasteiger partial charge in [0.05, 0.1) is 26.2 Å². The smallest absolute Gasteiger partial charge is 0.505 e. The number of aryl methyl sites for hydroxylation is 1. The van der Waals surface area contributed by atoms with Gasteiger partial charge in [-0.2, -0.15) is 0 Å². The fourth-order valence-corrected chi connectivity index (χ4v) is 3.86. The number of urea groups is 1. The Kier molecular flexibility index (Phi) is 9.30. The van der Waals surface area contributed by atoms with Crippen molar-refractivity contribution in [3.63, 3.8) is 0 Å². The molecule has 1 atom stereocenters. The molecule has 1 aromatic heterocycles. The molecule has 0 spiro atoms. The number of ether oxygens (including phenoxy) is 3. The molecule has 0 saturated carbocycles. The number of carbonyl (C=O) groups is 2. The second-order valence-electron chi connectivity index (χ2n) is 8.61. The molecule has 0 fully saturated rings. The Labute approximate surface area is 227 Å². The first-order valence-corrected chi connectivity index (χ1v) is 12.0. The number of halogens is 3. The number of benzene rings is 2. The van der Waals surface area contributed by atoms with Gasteiger partial charge in [-0.25, -0.2) is 4.79 Å². The number of pyridine rings is 1. The van der Waals surface area contributed by atoms with Gasteiger partial charge >= 0.3 is 18.4 Å². The molecule has 13 heteroatoms. The topological polar surface area (TPSA) is 128 Å². The van der Waals surface area contributed by atoms with Crippen LogP contribution in [0.25, 0.3) is 11.1 Å². The number of nitrogens with one attached hydrogen (secondary N) is 2. The van der Waals surface area contributed by atoms with Crippen molar-refractivity contribution in [1.29, 1.82) is 0 Å². The number of anilines is 1. The Morgan fingerprint density at radius 1 is 1.12 bits per heavy atom. The summed E-state index contributed by atoms with van der Waals surface area (Å²) in [6.45, 7) is 3.23. The molecular weight excluding hydrogens is 535 g/mol. The van der Waals surface area contributed by atoms with E-state index < -0.39 is 53.6 Å². The predicted molar refractivity (Wildman–Crippen MR) is 139 cm³/mol. The summed E-state index contributed by atoms with van der Waals surface area (Å²) in [6.07, 6.45) is -5.38. The van der Waals surface area contributed by atoms with Crippen LogP contribution in [-0.4, -0.2) is 41.8 Å². The van der Waals surface area contributed by atoms with Crippen molar-refractivity contribution < 1.29 is 42.1 Å². The molecule has 214 valence electrons. The number of hydrogen-bond acceptors (Lipinski definition) is 7. The fraction of sp³-hybridized carbons (Fsp3) is 0.296. The number of aromatic nitrogens is 1. The molecule has 0 bridgehead atoms. The van der Waals surface area contributed by atoms with E-state index >= 15 is 0 Å². The molecule has 40 heavy (non-hydrogen) atoms. The standard InChI is InChI=1S/C27H28F3N3O7/c1-5-39-23(35)14-20(31-26(37)32-24-21(34)11-15(2)33(3)25(24)36)17-9-10-22(40-27(28,29)30)19(13-17)16-7-6-8-18(12-16)38-4/h6-13,20,34H,5,14H2,1-4H3,(H2,31,32,37)/t20-/m0/s1. The summed E-state index contributed by atoms with van der Waals surface area (Å²) in [5.41, 5.74) is -0.0748. The van der Waals surface area contributed by atoms with Crippen molar-refractivity contribution in [2.45, 2.75) is 32.7 Å². The zero-order valence-electron chi connectivity index (χ0n) is 22.1. The lowest BCUT2D eigenvalue weighted by molar-refractivity contribution is -0.274. The molecule has 3 rings (SSSR count). The number of alkyl halides is 3. The van der Waals surface area contributed by atoms with Crippen molar-refractivity contribution in [2.75, 3.05) is 19.0 Å². The number of aromatic hydroxyl groups is 1. The van der Waals surface area contributed by atoms with Crippen LogP contribution in [0.4, 0.5) is 23.7 Å². The van der Waals surface area contributed by atoms with Gasteiger partial charge in [0.2, 0.25) is 0 Å². The molecular formula is C27H28F3N3O7. The third-order valence-corrected chi connectivity index (χ3v) is 5.88. The first-order valence-electron chi connectivity index (χ1n) is 12.0. The van der Waals surface area contributed by atoms with Gasteiger partial charge in [0, 0.05) is 24.4 Å². The maximum absolute atomic E-state index is 13.2. The quantitative estimate of drug-likeness (QED) is 0.320. The van der Waals surface area contributed by atoms with Gasteiger partial charge in [0.15, 0.2) is 5.69 Å². The highest BCUT2D eigenvalue weighted by Gasteiger charge is 2.33. The largest absolute Gasteiger partial charge is 0.573 e. The normalized spacial score (nSPS) is 11.9. The number of hydrogen-bond donors (Lipinski definition) is 3. The zero-order chi connectivity index (χ0) is 29.6. The summed E-state index contributed by atoms with van der Waals surface area (Å²) in [7, 11) is 2.86. The lowest BCUT2D eigenvalue weighted by atomic mass is 9.96. The third kappa shape index (κ3) is 7.46. The molecule has 0 aliphatic rings. The van der Waals surface area contributed by atoms with Gasteiger partial charge in [-0.05, 0) is 49.2 Å². The summed E-state index contributed by atoms with van der Waals surface area (Å²) < 4.78 is 55.1. The average molecular weight is 564 g/mol. The Balaban J connectivity index is 2.03. The van der Waals surface area contributed by atoms with Crippen LogP contribution in [0.15, 0.2) is 53.3 Å². The van der Waals surface area contributed by atoms with Gasteiger partial charge in [0.1, 0.15) is 17.2 Å². The summed E-state index contributed by atoms with van der Waals surface area (Å²) in [5.74, 6) is -1.30. The van der Waals surface area contributed by atoms with E-state index in [2.05, 4.69) is 15.4 Å². The van der Waals surface area contributed by atoms with Crippen LogP contribution in [-0.2, 0) is 16.6 Å². The van der Waals surface area contributed by atoms with Crippen molar-refractivity contribution in [2.24, 2.45) is 7.05 Å². The van der Waals surface area contributed by atoms with Crippen molar-refractivity contribution >= 4 is 17.7 Å². The molecule has 10 nitrogen and oxygen atoms in total. The Hall–Kier alpha value is -4.68. The van der Waals surface area contributed by atoms with E-state index in [0.29, 0.717) is 17.0 Å². The Morgan fingerprint density at radius 3 is 2.50 bits per heavy atom. The molecule has 0 radical (unpaired) electrons. The van der Waals surface area contributed by atoms with Crippen LogP contribution in [0.3, 0.4) is 0 Å². The molecule has 1 heterocycles. The van der Waals surface area contributed by atoms with Crippen LogP contribution in [0.2, 0.25) is 0 Å². The summed E-state index contributed by atoms with van der Waals surface area (Å²) >= 11 is 0. The highest BCUT2D eigenvalue weighted by atomic mass is 19.4.